The smallest absolute Gasteiger partial charge is 0.193 e. The first-order valence-corrected chi connectivity index (χ1v) is 10.9. The Hall–Kier alpha value is -2.04. The molecule has 0 spiro atoms. The van der Waals surface area contributed by atoms with Crippen LogP contribution in [0.5, 0.6) is 11.5 Å². The standard InChI is InChI=1S/C22H32N6O2.HI/c1-23-22(28-11-9-16(10-12-28)21-25-15-26-27-21)24-14-17-7-8-19(29-2)13-20(17)30-18-5-3-4-6-18;/h7-8,13,15-16,18H,3-6,9-12,14H2,1-2H3,(H,23,24)(H,25,26,27);1H. The lowest BCUT2D eigenvalue weighted by Crippen LogP contribution is -2.45. The van der Waals surface area contributed by atoms with Crippen LogP contribution in [0.2, 0.25) is 0 Å². The summed E-state index contributed by atoms with van der Waals surface area (Å²) < 4.78 is 11.7. The van der Waals surface area contributed by atoms with Crippen LogP contribution in [-0.4, -0.2) is 59.4 Å². The van der Waals surface area contributed by atoms with E-state index < -0.39 is 0 Å². The number of hydrogen-bond acceptors (Lipinski definition) is 5. The van der Waals surface area contributed by atoms with Crippen molar-refractivity contribution in [2.24, 2.45) is 4.99 Å². The van der Waals surface area contributed by atoms with Crippen LogP contribution >= 0.6 is 24.0 Å². The summed E-state index contributed by atoms with van der Waals surface area (Å²) in [5.74, 6) is 4.09. The molecule has 1 aliphatic heterocycles. The zero-order valence-corrected chi connectivity index (χ0v) is 20.7. The van der Waals surface area contributed by atoms with E-state index in [4.69, 9.17) is 9.47 Å². The highest BCUT2D eigenvalue weighted by molar-refractivity contribution is 14.0. The molecule has 2 heterocycles. The molecule has 9 heteroatoms. The molecule has 1 saturated heterocycles. The molecule has 2 N–H and O–H groups in total. The minimum absolute atomic E-state index is 0. The molecule has 1 aliphatic carbocycles. The lowest BCUT2D eigenvalue weighted by molar-refractivity contribution is 0.207. The first-order valence-electron chi connectivity index (χ1n) is 10.9. The summed E-state index contributed by atoms with van der Waals surface area (Å²) in [5.41, 5.74) is 1.13. The number of rotatable bonds is 6. The second-order valence-corrected chi connectivity index (χ2v) is 8.03. The van der Waals surface area contributed by atoms with E-state index in [-0.39, 0.29) is 24.0 Å². The Kier molecular flexibility index (Phi) is 8.79. The number of piperidine rings is 1. The van der Waals surface area contributed by atoms with Gasteiger partial charge in [0.1, 0.15) is 23.7 Å². The van der Waals surface area contributed by atoms with E-state index in [1.165, 1.54) is 12.8 Å². The van der Waals surface area contributed by atoms with Gasteiger partial charge >= 0.3 is 0 Å². The summed E-state index contributed by atoms with van der Waals surface area (Å²) in [5, 5.41) is 10.5. The van der Waals surface area contributed by atoms with E-state index in [9.17, 15) is 0 Å². The number of benzene rings is 1. The number of nitrogens with zero attached hydrogens (tertiary/aromatic N) is 4. The molecular formula is C22H33IN6O2. The first-order chi connectivity index (χ1) is 14.8. The first kappa shape index (κ1) is 23.6. The Balaban J connectivity index is 0.00000272. The highest BCUT2D eigenvalue weighted by atomic mass is 127. The normalized spacial score (nSPS) is 18.0. The SMILES string of the molecule is CN=C(NCc1ccc(OC)cc1OC1CCCC1)N1CCC(c2ncn[nH]2)CC1.I. The molecule has 31 heavy (non-hydrogen) atoms. The van der Waals surface area contributed by atoms with Gasteiger partial charge in [0.25, 0.3) is 0 Å². The molecule has 170 valence electrons. The Morgan fingerprint density at radius 2 is 2.00 bits per heavy atom. The van der Waals surface area contributed by atoms with Gasteiger partial charge in [0.05, 0.1) is 13.2 Å². The maximum absolute atomic E-state index is 6.33. The van der Waals surface area contributed by atoms with Crippen LogP contribution in [0.25, 0.3) is 0 Å². The molecule has 8 nitrogen and oxygen atoms in total. The summed E-state index contributed by atoms with van der Waals surface area (Å²) in [7, 11) is 3.53. The van der Waals surface area contributed by atoms with Gasteiger partial charge in [-0.05, 0) is 50.7 Å². The largest absolute Gasteiger partial charge is 0.497 e. The number of aliphatic imine (C=N–C) groups is 1. The molecule has 2 aliphatic rings. The van der Waals surface area contributed by atoms with Crippen LogP contribution in [0.4, 0.5) is 0 Å². The number of nitrogens with one attached hydrogen (secondary N) is 2. The van der Waals surface area contributed by atoms with E-state index in [0.29, 0.717) is 18.6 Å². The van der Waals surface area contributed by atoms with Gasteiger partial charge < -0.3 is 19.7 Å². The van der Waals surface area contributed by atoms with Crippen LogP contribution in [0, 0.1) is 0 Å². The third kappa shape index (κ3) is 6.02. The molecular weight excluding hydrogens is 507 g/mol. The summed E-state index contributed by atoms with van der Waals surface area (Å²) in [6.07, 6.45) is 8.73. The van der Waals surface area contributed by atoms with Gasteiger partial charge in [0.2, 0.25) is 0 Å². The van der Waals surface area contributed by atoms with Crippen LogP contribution in [-0.2, 0) is 6.54 Å². The minimum atomic E-state index is 0. The molecule has 2 aromatic rings. The highest BCUT2D eigenvalue weighted by Crippen LogP contribution is 2.30. The van der Waals surface area contributed by atoms with Crippen LogP contribution in [0.3, 0.4) is 0 Å². The zero-order chi connectivity index (χ0) is 20.8. The van der Waals surface area contributed by atoms with E-state index >= 15 is 0 Å². The maximum atomic E-state index is 6.33. The fourth-order valence-corrected chi connectivity index (χ4v) is 4.39. The topological polar surface area (TPSA) is 87.7 Å². The molecule has 0 amide bonds. The predicted molar refractivity (Wildman–Crippen MR) is 131 cm³/mol. The van der Waals surface area contributed by atoms with Crippen molar-refractivity contribution in [3.8, 4) is 11.5 Å². The van der Waals surface area contributed by atoms with Crippen LogP contribution in [0.1, 0.15) is 55.8 Å². The van der Waals surface area contributed by atoms with Crippen molar-refractivity contribution < 1.29 is 9.47 Å². The number of aromatic nitrogens is 3. The molecule has 1 aromatic carbocycles. The minimum Gasteiger partial charge on any atom is -0.497 e. The quantitative estimate of drug-likeness (QED) is 0.330. The number of halogens is 1. The average molecular weight is 540 g/mol. The summed E-state index contributed by atoms with van der Waals surface area (Å²) in [6.45, 7) is 2.55. The number of aromatic amines is 1. The van der Waals surface area contributed by atoms with Gasteiger partial charge in [0.15, 0.2) is 5.96 Å². The third-order valence-corrected chi connectivity index (χ3v) is 6.13. The monoisotopic (exact) mass is 540 g/mol. The van der Waals surface area contributed by atoms with Crippen molar-refractivity contribution in [3.63, 3.8) is 0 Å². The second kappa shape index (κ2) is 11.5. The van der Waals surface area contributed by atoms with E-state index in [1.807, 2.05) is 19.2 Å². The van der Waals surface area contributed by atoms with Gasteiger partial charge in [0, 0.05) is 44.2 Å². The Morgan fingerprint density at radius 3 is 2.65 bits per heavy atom. The number of H-pyrrole nitrogens is 1. The highest BCUT2D eigenvalue weighted by Gasteiger charge is 2.24. The fourth-order valence-electron chi connectivity index (χ4n) is 4.39. The average Bonchev–Trinajstić information content (AvgIpc) is 3.50. The zero-order valence-electron chi connectivity index (χ0n) is 18.3. The number of ether oxygens (including phenoxy) is 2. The van der Waals surface area contributed by atoms with Gasteiger partial charge in [-0.25, -0.2) is 4.98 Å². The van der Waals surface area contributed by atoms with E-state index in [1.54, 1.807) is 13.4 Å². The Bertz CT molecular complexity index is 831. The lowest BCUT2D eigenvalue weighted by atomic mass is 9.96. The Morgan fingerprint density at radius 1 is 1.23 bits per heavy atom. The Labute approximate surface area is 201 Å². The summed E-state index contributed by atoms with van der Waals surface area (Å²) >= 11 is 0. The van der Waals surface area contributed by atoms with Crippen molar-refractivity contribution >= 4 is 29.9 Å². The van der Waals surface area contributed by atoms with Crippen LogP contribution in [0.15, 0.2) is 29.5 Å². The molecule has 0 bridgehead atoms. The van der Waals surface area contributed by atoms with Crippen molar-refractivity contribution in [2.75, 3.05) is 27.2 Å². The van der Waals surface area contributed by atoms with E-state index in [2.05, 4.69) is 36.5 Å². The number of likely N-dealkylation sites (tertiary alicyclic amines) is 1. The maximum Gasteiger partial charge on any atom is 0.193 e. The van der Waals surface area contributed by atoms with Crippen molar-refractivity contribution in [2.45, 2.75) is 57.1 Å². The fraction of sp³-hybridized carbons (Fsp3) is 0.591. The third-order valence-electron chi connectivity index (χ3n) is 6.13. The van der Waals surface area contributed by atoms with Gasteiger partial charge in [-0.1, -0.05) is 0 Å². The number of guanidine groups is 1. The summed E-state index contributed by atoms with van der Waals surface area (Å²) in [4.78, 5) is 11.1. The number of hydrogen-bond donors (Lipinski definition) is 2. The molecule has 1 saturated carbocycles. The van der Waals surface area contributed by atoms with Crippen molar-refractivity contribution in [1.29, 1.82) is 0 Å². The lowest BCUT2D eigenvalue weighted by Gasteiger charge is -2.33. The molecule has 2 fully saturated rings. The van der Waals surface area contributed by atoms with Crippen molar-refractivity contribution in [3.05, 3.63) is 35.9 Å². The summed E-state index contributed by atoms with van der Waals surface area (Å²) in [6, 6.07) is 6.07. The molecule has 0 radical (unpaired) electrons. The van der Waals surface area contributed by atoms with Gasteiger partial charge in [-0.3, -0.25) is 10.1 Å². The molecule has 1 aromatic heterocycles. The van der Waals surface area contributed by atoms with Gasteiger partial charge in [-0.15, -0.1) is 24.0 Å². The van der Waals surface area contributed by atoms with Gasteiger partial charge in [-0.2, -0.15) is 5.10 Å². The van der Waals surface area contributed by atoms with Crippen molar-refractivity contribution in [1.82, 2.24) is 25.4 Å². The number of methoxy groups -OCH3 is 1. The predicted octanol–water partition coefficient (Wildman–Crippen LogP) is 3.71. The van der Waals surface area contributed by atoms with E-state index in [0.717, 1.165) is 67.6 Å². The van der Waals surface area contributed by atoms with Crippen LogP contribution < -0.4 is 14.8 Å². The second-order valence-electron chi connectivity index (χ2n) is 8.03. The molecule has 0 atom stereocenters. The molecule has 0 unspecified atom stereocenters. The molecule has 4 rings (SSSR count).